The highest BCUT2D eigenvalue weighted by molar-refractivity contribution is 6.30. The van der Waals surface area contributed by atoms with Gasteiger partial charge < -0.3 is 15.3 Å². The first-order chi connectivity index (χ1) is 8.95. The van der Waals surface area contributed by atoms with Crippen molar-refractivity contribution in [3.63, 3.8) is 0 Å². The molecule has 1 saturated carbocycles. The molecule has 1 fully saturated rings. The number of halogens is 2. The minimum atomic E-state index is -1.08. The van der Waals surface area contributed by atoms with Crippen molar-refractivity contribution in [1.82, 2.24) is 4.90 Å². The van der Waals surface area contributed by atoms with Crippen LogP contribution in [-0.4, -0.2) is 34.6 Å². The second-order valence-corrected chi connectivity index (χ2v) is 4.78. The molecule has 1 aromatic carbocycles. The molecule has 0 spiro atoms. The Morgan fingerprint density at radius 2 is 2.11 bits per heavy atom. The van der Waals surface area contributed by atoms with Crippen molar-refractivity contribution >= 4 is 29.3 Å². The number of carbonyl (C=O) groups excluding carboxylic acids is 1. The van der Waals surface area contributed by atoms with Gasteiger partial charge in [-0.25, -0.2) is 9.18 Å². The molecule has 7 heteroatoms. The topological polar surface area (TPSA) is 69.6 Å². The quantitative estimate of drug-likeness (QED) is 0.894. The van der Waals surface area contributed by atoms with Crippen molar-refractivity contribution in [1.29, 1.82) is 0 Å². The first kappa shape index (κ1) is 13.6. The van der Waals surface area contributed by atoms with Crippen LogP contribution in [0.3, 0.4) is 0 Å². The minimum Gasteiger partial charge on any atom is -0.480 e. The molecule has 0 heterocycles. The summed E-state index contributed by atoms with van der Waals surface area (Å²) in [7, 11) is 0. The fraction of sp³-hybridized carbons (Fsp3) is 0.333. The average molecular weight is 287 g/mol. The van der Waals surface area contributed by atoms with Crippen LogP contribution in [0.25, 0.3) is 0 Å². The molecule has 0 radical (unpaired) electrons. The van der Waals surface area contributed by atoms with Crippen molar-refractivity contribution in [2.45, 2.75) is 18.9 Å². The molecular weight excluding hydrogens is 275 g/mol. The molecule has 2 N–H and O–H groups in total. The maximum Gasteiger partial charge on any atom is 0.323 e. The van der Waals surface area contributed by atoms with E-state index < -0.39 is 17.8 Å². The Morgan fingerprint density at radius 1 is 1.42 bits per heavy atom. The van der Waals surface area contributed by atoms with Gasteiger partial charge in [-0.15, -0.1) is 0 Å². The predicted octanol–water partition coefficient (Wildman–Crippen LogP) is 2.56. The normalized spacial score (nSPS) is 14.0. The third-order valence-corrected chi connectivity index (χ3v) is 2.89. The van der Waals surface area contributed by atoms with E-state index in [1.54, 1.807) is 0 Å². The number of carboxylic acids is 1. The van der Waals surface area contributed by atoms with Gasteiger partial charge in [-0.1, -0.05) is 11.6 Å². The van der Waals surface area contributed by atoms with Gasteiger partial charge in [-0.05, 0) is 31.0 Å². The zero-order valence-corrected chi connectivity index (χ0v) is 10.7. The van der Waals surface area contributed by atoms with E-state index in [-0.39, 0.29) is 23.3 Å². The summed E-state index contributed by atoms with van der Waals surface area (Å²) in [5, 5.41) is 11.4. The van der Waals surface area contributed by atoms with Crippen molar-refractivity contribution in [3.05, 3.63) is 29.0 Å². The van der Waals surface area contributed by atoms with Crippen LogP contribution in [0.4, 0.5) is 14.9 Å². The number of benzene rings is 1. The SMILES string of the molecule is O=C(O)CN(C(=O)Nc1cc(F)cc(Cl)c1)C1CC1. The molecule has 1 aliphatic rings. The van der Waals surface area contributed by atoms with E-state index in [2.05, 4.69) is 5.32 Å². The summed E-state index contributed by atoms with van der Waals surface area (Å²) >= 11 is 5.67. The molecule has 0 aromatic heterocycles. The van der Waals surface area contributed by atoms with E-state index in [1.807, 2.05) is 0 Å². The fourth-order valence-electron chi connectivity index (χ4n) is 1.72. The van der Waals surface area contributed by atoms with Crippen molar-refractivity contribution in [2.75, 3.05) is 11.9 Å². The summed E-state index contributed by atoms with van der Waals surface area (Å²) in [6, 6.07) is 3.02. The van der Waals surface area contributed by atoms with Crippen LogP contribution < -0.4 is 5.32 Å². The van der Waals surface area contributed by atoms with E-state index in [0.717, 1.165) is 25.0 Å². The second-order valence-electron chi connectivity index (χ2n) is 4.34. The van der Waals surface area contributed by atoms with Gasteiger partial charge in [0, 0.05) is 16.8 Å². The summed E-state index contributed by atoms with van der Waals surface area (Å²) in [5.74, 6) is -1.65. The van der Waals surface area contributed by atoms with E-state index in [9.17, 15) is 14.0 Å². The van der Waals surface area contributed by atoms with E-state index in [4.69, 9.17) is 16.7 Å². The Morgan fingerprint density at radius 3 is 2.63 bits per heavy atom. The van der Waals surface area contributed by atoms with E-state index in [0.29, 0.717) is 0 Å². The summed E-state index contributed by atoms with van der Waals surface area (Å²) in [6.45, 7) is -0.375. The maximum absolute atomic E-state index is 13.1. The van der Waals surface area contributed by atoms with Crippen LogP contribution in [0.15, 0.2) is 18.2 Å². The molecule has 0 unspecified atom stereocenters. The highest BCUT2D eigenvalue weighted by atomic mass is 35.5. The number of urea groups is 1. The Balaban J connectivity index is 2.07. The first-order valence-electron chi connectivity index (χ1n) is 5.71. The maximum atomic E-state index is 13.1. The average Bonchev–Trinajstić information content (AvgIpc) is 3.07. The lowest BCUT2D eigenvalue weighted by atomic mass is 10.3. The molecule has 0 saturated heterocycles. The fourth-order valence-corrected chi connectivity index (χ4v) is 1.94. The number of hydrogen-bond acceptors (Lipinski definition) is 2. The minimum absolute atomic E-state index is 0.0554. The monoisotopic (exact) mass is 286 g/mol. The molecule has 19 heavy (non-hydrogen) atoms. The summed E-state index contributed by atoms with van der Waals surface area (Å²) in [6.07, 6.45) is 1.56. The van der Waals surface area contributed by atoms with Crippen LogP contribution in [0.2, 0.25) is 5.02 Å². The third kappa shape index (κ3) is 3.82. The third-order valence-electron chi connectivity index (χ3n) is 2.67. The van der Waals surface area contributed by atoms with Crippen LogP contribution in [0.5, 0.6) is 0 Å². The lowest BCUT2D eigenvalue weighted by Crippen LogP contribution is -2.40. The smallest absolute Gasteiger partial charge is 0.323 e. The molecule has 102 valence electrons. The Bertz CT molecular complexity index is 499. The molecule has 0 aliphatic heterocycles. The highest BCUT2D eigenvalue weighted by Crippen LogP contribution is 2.27. The van der Waals surface area contributed by atoms with Crippen molar-refractivity contribution in [2.24, 2.45) is 0 Å². The van der Waals surface area contributed by atoms with Gasteiger partial charge in [0.15, 0.2) is 0 Å². The van der Waals surface area contributed by atoms with E-state index >= 15 is 0 Å². The lowest BCUT2D eigenvalue weighted by molar-refractivity contribution is -0.137. The van der Waals surface area contributed by atoms with Crippen molar-refractivity contribution in [3.8, 4) is 0 Å². The number of aliphatic carboxylic acids is 1. The van der Waals surface area contributed by atoms with Gasteiger partial charge in [0.05, 0.1) is 0 Å². The standard InChI is InChI=1S/C12H12ClFN2O3/c13-7-3-8(14)5-9(4-7)15-12(19)16(6-11(17)18)10-1-2-10/h3-5,10H,1-2,6H2,(H,15,19)(H,17,18). The second kappa shape index (κ2) is 5.44. The molecule has 5 nitrogen and oxygen atoms in total. The lowest BCUT2D eigenvalue weighted by Gasteiger charge is -2.20. The van der Waals surface area contributed by atoms with Gasteiger partial charge in [0.25, 0.3) is 0 Å². The number of carbonyl (C=O) groups is 2. The molecule has 1 aromatic rings. The molecular formula is C12H12ClFN2O3. The summed E-state index contributed by atoms with van der Waals surface area (Å²) < 4.78 is 13.1. The Labute approximate surface area is 114 Å². The Kier molecular flexibility index (Phi) is 3.90. The van der Waals surface area contributed by atoms with Crippen LogP contribution in [-0.2, 0) is 4.79 Å². The molecule has 1 aliphatic carbocycles. The summed E-state index contributed by atoms with van der Waals surface area (Å²) in [5.41, 5.74) is 0.200. The van der Waals surface area contributed by atoms with Crippen LogP contribution in [0.1, 0.15) is 12.8 Å². The van der Waals surface area contributed by atoms with Crippen LogP contribution >= 0.6 is 11.6 Å². The number of nitrogens with zero attached hydrogens (tertiary/aromatic N) is 1. The molecule has 2 rings (SSSR count). The highest BCUT2D eigenvalue weighted by Gasteiger charge is 2.33. The molecule has 2 amide bonds. The predicted molar refractivity (Wildman–Crippen MR) is 67.8 cm³/mol. The zero-order valence-electron chi connectivity index (χ0n) is 9.90. The largest absolute Gasteiger partial charge is 0.480 e. The molecule has 0 bridgehead atoms. The Hall–Kier alpha value is -1.82. The van der Waals surface area contributed by atoms with Gasteiger partial charge >= 0.3 is 12.0 Å². The molecule has 0 atom stereocenters. The zero-order chi connectivity index (χ0) is 14.0. The van der Waals surface area contributed by atoms with Gasteiger partial charge in [0.1, 0.15) is 12.4 Å². The number of hydrogen-bond donors (Lipinski definition) is 2. The summed E-state index contributed by atoms with van der Waals surface area (Å²) in [4.78, 5) is 23.9. The number of carboxylic acid groups (broad SMARTS) is 1. The number of amides is 2. The number of nitrogens with one attached hydrogen (secondary N) is 1. The first-order valence-corrected chi connectivity index (χ1v) is 6.09. The number of anilines is 1. The van der Waals surface area contributed by atoms with Crippen molar-refractivity contribution < 1.29 is 19.1 Å². The van der Waals surface area contributed by atoms with Gasteiger partial charge in [0.2, 0.25) is 0 Å². The van der Waals surface area contributed by atoms with E-state index in [1.165, 1.54) is 11.0 Å². The van der Waals surface area contributed by atoms with Gasteiger partial charge in [-0.3, -0.25) is 4.79 Å². The van der Waals surface area contributed by atoms with Gasteiger partial charge in [-0.2, -0.15) is 0 Å². The van der Waals surface area contributed by atoms with Crippen LogP contribution in [0, 0.1) is 5.82 Å². The number of rotatable bonds is 4.